The van der Waals surface area contributed by atoms with Gasteiger partial charge in [-0.05, 0) is 24.5 Å². The van der Waals surface area contributed by atoms with Gasteiger partial charge in [-0.1, -0.05) is 26.3 Å². The number of hydrogen-bond donors (Lipinski definition) is 0. The molecular weight excluding hydrogens is 134 g/mol. The summed E-state index contributed by atoms with van der Waals surface area (Å²) in [5.41, 5.74) is 2.67. The number of hydrogen-bond acceptors (Lipinski definition) is 1. The lowest BCUT2D eigenvalue weighted by Gasteiger charge is -2.03. The van der Waals surface area contributed by atoms with E-state index < -0.39 is 0 Å². The van der Waals surface area contributed by atoms with Crippen molar-refractivity contribution in [3.63, 3.8) is 0 Å². The maximum Gasteiger partial charge on any atom is 0.0435 e. The molecule has 60 valence electrons. The van der Waals surface area contributed by atoms with Gasteiger partial charge < -0.3 is 0 Å². The normalized spacial score (nSPS) is 10.0. The summed E-state index contributed by atoms with van der Waals surface area (Å²) in [6, 6.07) is 4.18. The van der Waals surface area contributed by atoms with Crippen molar-refractivity contribution in [1.29, 1.82) is 0 Å². The number of aryl methyl sites for hydroxylation is 2. The fraction of sp³-hybridized carbons (Fsp3) is 0.500. The van der Waals surface area contributed by atoms with Crippen molar-refractivity contribution < 1.29 is 0 Å². The molecule has 0 fully saturated rings. The zero-order valence-corrected chi connectivity index (χ0v) is 7.30. The Morgan fingerprint density at radius 1 is 1.36 bits per heavy atom. The van der Waals surface area contributed by atoms with Crippen LogP contribution in [0.15, 0.2) is 18.3 Å². The van der Waals surface area contributed by atoms with Crippen molar-refractivity contribution in [2.75, 3.05) is 0 Å². The van der Waals surface area contributed by atoms with E-state index in [4.69, 9.17) is 0 Å². The van der Waals surface area contributed by atoms with E-state index in [1.165, 1.54) is 17.7 Å². The molecule has 0 radical (unpaired) electrons. The molecule has 0 saturated carbocycles. The predicted octanol–water partition coefficient (Wildman–Crippen LogP) is 2.60. The van der Waals surface area contributed by atoms with Crippen LogP contribution in [0.5, 0.6) is 0 Å². The fourth-order valence-corrected chi connectivity index (χ4v) is 1.26. The molecule has 0 unspecified atom stereocenters. The van der Waals surface area contributed by atoms with Gasteiger partial charge in [0, 0.05) is 11.9 Å². The third kappa shape index (κ3) is 2.04. The topological polar surface area (TPSA) is 12.9 Å². The van der Waals surface area contributed by atoms with Gasteiger partial charge in [-0.2, -0.15) is 0 Å². The van der Waals surface area contributed by atoms with E-state index in [1.54, 1.807) is 0 Å². The number of nitrogens with zero attached hydrogens (tertiary/aromatic N) is 1. The van der Waals surface area contributed by atoms with Crippen molar-refractivity contribution in [2.24, 2.45) is 0 Å². The minimum atomic E-state index is 1.10. The lowest BCUT2D eigenvalue weighted by Crippen LogP contribution is -1.94. The van der Waals surface area contributed by atoms with Crippen LogP contribution < -0.4 is 0 Å². The van der Waals surface area contributed by atoms with E-state index in [1.807, 2.05) is 12.3 Å². The summed E-state index contributed by atoms with van der Waals surface area (Å²) in [6.07, 6.45) is 5.28. The molecule has 1 heteroatoms. The first-order valence-corrected chi connectivity index (χ1v) is 4.31. The van der Waals surface area contributed by atoms with E-state index in [0.717, 1.165) is 12.8 Å². The fourth-order valence-electron chi connectivity index (χ4n) is 1.26. The summed E-state index contributed by atoms with van der Waals surface area (Å²) in [5.74, 6) is 0. The van der Waals surface area contributed by atoms with Crippen LogP contribution in [0.4, 0.5) is 0 Å². The van der Waals surface area contributed by atoms with Crippen LogP contribution in [0.2, 0.25) is 0 Å². The monoisotopic (exact) mass is 149 g/mol. The van der Waals surface area contributed by atoms with Gasteiger partial charge in [0.05, 0.1) is 0 Å². The summed E-state index contributed by atoms with van der Waals surface area (Å²) in [5, 5.41) is 0. The Morgan fingerprint density at radius 3 is 2.82 bits per heavy atom. The molecular formula is C10H15N. The molecule has 0 aliphatic rings. The Morgan fingerprint density at radius 2 is 2.18 bits per heavy atom. The highest BCUT2D eigenvalue weighted by Crippen LogP contribution is 2.07. The molecule has 1 nitrogen and oxygen atoms in total. The Balaban J connectivity index is 2.83. The lowest BCUT2D eigenvalue weighted by molar-refractivity contribution is 0.857. The Labute approximate surface area is 68.5 Å². The lowest BCUT2D eigenvalue weighted by atomic mass is 10.1. The summed E-state index contributed by atoms with van der Waals surface area (Å²) >= 11 is 0. The SMILES string of the molecule is CCCc1ncccc1CC. The average Bonchev–Trinajstić information content (AvgIpc) is 2.06. The molecule has 1 aromatic heterocycles. The summed E-state index contributed by atoms with van der Waals surface area (Å²) < 4.78 is 0. The molecule has 1 aromatic rings. The van der Waals surface area contributed by atoms with Crippen LogP contribution in [0, 0.1) is 0 Å². The first-order chi connectivity index (χ1) is 5.38. The van der Waals surface area contributed by atoms with Crippen LogP contribution in [0.25, 0.3) is 0 Å². The summed E-state index contributed by atoms with van der Waals surface area (Å²) in [7, 11) is 0. The molecule has 0 amide bonds. The molecule has 0 aliphatic heterocycles. The molecule has 1 heterocycles. The second kappa shape index (κ2) is 4.12. The number of rotatable bonds is 3. The zero-order chi connectivity index (χ0) is 8.10. The average molecular weight is 149 g/mol. The van der Waals surface area contributed by atoms with Crippen LogP contribution in [0.3, 0.4) is 0 Å². The van der Waals surface area contributed by atoms with Crippen LogP contribution in [-0.2, 0) is 12.8 Å². The molecule has 0 spiro atoms. The molecule has 0 aromatic carbocycles. The van der Waals surface area contributed by atoms with Gasteiger partial charge in [0.15, 0.2) is 0 Å². The molecule has 0 aliphatic carbocycles. The van der Waals surface area contributed by atoms with Crippen molar-refractivity contribution in [3.05, 3.63) is 29.6 Å². The standard InChI is InChI=1S/C10H15N/c1-3-6-10-9(4-2)7-5-8-11-10/h5,7-8H,3-4,6H2,1-2H3. The van der Waals surface area contributed by atoms with Crippen LogP contribution in [0.1, 0.15) is 31.5 Å². The smallest absolute Gasteiger partial charge is 0.0435 e. The van der Waals surface area contributed by atoms with E-state index in [9.17, 15) is 0 Å². The second-order valence-corrected chi connectivity index (χ2v) is 2.71. The first kappa shape index (κ1) is 8.25. The molecule has 11 heavy (non-hydrogen) atoms. The first-order valence-electron chi connectivity index (χ1n) is 4.31. The summed E-state index contributed by atoms with van der Waals surface area (Å²) in [6.45, 7) is 4.37. The zero-order valence-electron chi connectivity index (χ0n) is 7.30. The largest absolute Gasteiger partial charge is 0.261 e. The highest BCUT2D eigenvalue weighted by molar-refractivity contribution is 5.19. The van der Waals surface area contributed by atoms with Crippen LogP contribution >= 0.6 is 0 Å². The van der Waals surface area contributed by atoms with Gasteiger partial charge in [-0.25, -0.2) is 0 Å². The van der Waals surface area contributed by atoms with Gasteiger partial charge >= 0.3 is 0 Å². The predicted molar refractivity (Wildman–Crippen MR) is 47.6 cm³/mol. The van der Waals surface area contributed by atoms with Gasteiger partial charge in [0.2, 0.25) is 0 Å². The minimum Gasteiger partial charge on any atom is -0.261 e. The third-order valence-electron chi connectivity index (χ3n) is 1.85. The van der Waals surface area contributed by atoms with Crippen molar-refractivity contribution in [1.82, 2.24) is 4.98 Å². The molecule has 0 saturated heterocycles. The second-order valence-electron chi connectivity index (χ2n) is 2.71. The molecule has 1 rings (SSSR count). The summed E-state index contributed by atoms with van der Waals surface area (Å²) in [4.78, 5) is 4.34. The minimum absolute atomic E-state index is 1.10. The highest BCUT2D eigenvalue weighted by Gasteiger charge is 1.97. The Kier molecular flexibility index (Phi) is 3.09. The van der Waals surface area contributed by atoms with E-state index in [0.29, 0.717) is 0 Å². The molecule has 0 N–H and O–H groups in total. The molecule has 0 atom stereocenters. The van der Waals surface area contributed by atoms with Gasteiger partial charge in [-0.3, -0.25) is 4.98 Å². The van der Waals surface area contributed by atoms with Crippen molar-refractivity contribution >= 4 is 0 Å². The maximum absolute atomic E-state index is 4.34. The molecule has 0 bridgehead atoms. The number of pyridine rings is 1. The Hall–Kier alpha value is -0.850. The number of aromatic nitrogens is 1. The third-order valence-corrected chi connectivity index (χ3v) is 1.85. The van der Waals surface area contributed by atoms with Crippen LogP contribution in [-0.4, -0.2) is 4.98 Å². The van der Waals surface area contributed by atoms with Crippen molar-refractivity contribution in [2.45, 2.75) is 33.1 Å². The van der Waals surface area contributed by atoms with Crippen molar-refractivity contribution in [3.8, 4) is 0 Å². The van der Waals surface area contributed by atoms with Gasteiger partial charge in [-0.15, -0.1) is 0 Å². The quantitative estimate of drug-likeness (QED) is 0.643. The van der Waals surface area contributed by atoms with E-state index >= 15 is 0 Å². The van der Waals surface area contributed by atoms with Gasteiger partial charge in [0.1, 0.15) is 0 Å². The van der Waals surface area contributed by atoms with E-state index in [2.05, 4.69) is 24.9 Å². The van der Waals surface area contributed by atoms with Gasteiger partial charge in [0.25, 0.3) is 0 Å². The maximum atomic E-state index is 4.34. The Bertz CT molecular complexity index is 218. The highest BCUT2D eigenvalue weighted by atomic mass is 14.7. The van der Waals surface area contributed by atoms with E-state index in [-0.39, 0.29) is 0 Å².